The van der Waals surface area contributed by atoms with E-state index in [1.54, 1.807) is 0 Å². The lowest BCUT2D eigenvalue weighted by molar-refractivity contribution is 0.517. The van der Waals surface area contributed by atoms with Crippen LogP contribution in [-0.2, 0) is 6.42 Å². The zero-order chi connectivity index (χ0) is 19.1. The molecule has 0 saturated heterocycles. The summed E-state index contributed by atoms with van der Waals surface area (Å²) in [7, 11) is 2.03. The average Bonchev–Trinajstić information content (AvgIpc) is 2.62. The number of nitrogens with zero attached hydrogens (tertiary/aromatic N) is 1. The van der Waals surface area contributed by atoms with Crippen LogP contribution >= 0.6 is 0 Å². The molecular weight excluding hydrogens is 304 g/mol. The maximum Gasteiger partial charge on any atom is 0.0444 e. The lowest BCUT2D eigenvalue weighted by atomic mass is 10.0. The van der Waals surface area contributed by atoms with Crippen molar-refractivity contribution in [2.45, 2.75) is 59.9 Å². The molecule has 0 radical (unpaired) electrons. The molecule has 1 N–H and O–H groups in total. The minimum absolute atomic E-state index is 0.403. The van der Waals surface area contributed by atoms with Crippen LogP contribution in [-0.4, -0.2) is 26.2 Å². The van der Waals surface area contributed by atoms with Gasteiger partial charge >= 0.3 is 0 Å². The molecule has 0 aliphatic carbocycles. The molecule has 142 valence electrons. The summed E-state index contributed by atoms with van der Waals surface area (Å²) in [6.45, 7) is 16.6. The molecule has 0 aromatic heterocycles. The van der Waals surface area contributed by atoms with Crippen LogP contribution in [0.5, 0.6) is 0 Å². The van der Waals surface area contributed by atoms with Gasteiger partial charge in [0.15, 0.2) is 0 Å². The fourth-order valence-electron chi connectivity index (χ4n) is 3.05. The molecule has 2 nitrogen and oxygen atoms in total. The molecule has 0 amide bonds. The number of benzene rings is 1. The fourth-order valence-corrected chi connectivity index (χ4v) is 3.05. The van der Waals surface area contributed by atoms with Crippen LogP contribution in [0.3, 0.4) is 0 Å². The van der Waals surface area contributed by atoms with Gasteiger partial charge in [-0.2, -0.15) is 0 Å². The molecule has 0 bridgehead atoms. The van der Waals surface area contributed by atoms with Crippen molar-refractivity contribution >= 4 is 5.69 Å². The highest BCUT2D eigenvalue weighted by Gasteiger charge is 2.17. The number of anilines is 1. The van der Waals surface area contributed by atoms with Crippen molar-refractivity contribution in [3.05, 3.63) is 54.6 Å². The Labute approximate surface area is 157 Å². The van der Waals surface area contributed by atoms with Crippen molar-refractivity contribution in [1.29, 1.82) is 0 Å². The number of aryl methyl sites for hydroxylation is 1. The molecule has 0 fully saturated rings. The van der Waals surface area contributed by atoms with Gasteiger partial charge in [0.1, 0.15) is 0 Å². The number of unbranched alkanes of at least 4 members (excludes halogenated alkanes) is 1. The number of nitrogens with one attached hydrogen (secondary N) is 1. The second-order valence-corrected chi connectivity index (χ2v) is 6.39. The van der Waals surface area contributed by atoms with E-state index in [1.165, 1.54) is 17.7 Å². The Morgan fingerprint density at radius 2 is 1.88 bits per heavy atom. The summed E-state index contributed by atoms with van der Waals surface area (Å²) in [5, 5.41) is 3.30. The van der Waals surface area contributed by atoms with Crippen molar-refractivity contribution in [1.82, 2.24) is 5.32 Å². The second-order valence-electron chi connectivity index (χ2n) is 6.39. The van der Waals surface area contributed by atoms with Gasteiger partial charge in [0.25, 0.3) is 0 Å². The van der Waals surface area contributed by atoms with Gasteiger partial charge in [0, 0.05) is 18.3 Å². The smallest absolute Gasteiger partial charge is 0.0444 e. The lowest BCUT2D eigenvalue weighted by Gasteiger charge is -2.34. The van der Waals surface area contributed by atoms with E-state index in [1.807, 2.05) is 27.0 Å². The van der Waals surface area contributed by atoms with Crippen LogP contribution in [0.2, 0.25) is 0 Å². The van der Waals surface area contributed by atoms with Crippen molar-refractivity contribution in [2.75, 3.05) is 25.0 Å². The number of para-hydroxylation sites is 1. The molecular formula is C23H40N2. The Hall–Kier alpha value is -1.54. The topological polar surface area (TPSA) is 15.3 Å². The molecule has 0 spiro atoms. The first-order chi connectivity index (χ1) is 12.1. The van der Waals surface area contributed by atoms with E-state index >= 15 is 0 Å². The van der Waals surface area contributed by atoms with E-state index in [0.29, 0.717) is 12.0 Å². The molecule has 0 aliphatic heterocycles. The van der Waals surface area contributed by atoms with Crippen LogP contribution in [0.1, 0.15) is 53.0 Å². The average molecular weight is 345 g/mol. The quantitative estimate of drug-likeness (QED) is 0.400. The molecule has 1 aromatic carbocycles. The Morgan fingerprint density at radius 1 is 1.20 bits per heavy atom. The standard InChI is InChI=1S/C21H34N2.C2H6/c1-6-8-9-13-20-14-10-11-15-21(20)23(19(4)12-7-2)17-18(3)16-22-5;1-2/h6-7,10-12,14-15,18-19,22H,1,8-9,13,16-17H2,2-5H3;1-2H3/b12-7-;. The molecule has 2 heteroatoms. The van der Waals surface area contributed by atoms with Crippen LogP contribution in [0, 0.1) is 5.92 Å². The molecule has 1 rings (SSSR count). The molecule has 0 aliphatic rings. The summed E-state index contributed by atoms with van der Waals surface area (Å²) < 4.78 is 0. The minimum atomic E-state index is 0.403. The van der Waals surface area contributed by atoms with Gasteiger partial charge in [-0.05, 0) is 64.3 Å². The molecule has 25 heavy (non-hydrogen) atoms. The molecule has 1 aromatic rings. The fraction of sp³-hybridized carbons (Fsp3) is 0.565. The highest BCUT2D eigenvalue weighted by molar-refractivity contribution is 5.55. The first kappa shape index (κ1) is 23.5. The summed E-state index contributed by atoms with van der Waals surface area (Å²) in [4.78, 5) is 2.55. The third-order valence-corrected chi connectivity index (χ3v) is 4.18. The van der Waals surface area contributed by atoms with Gasteiger partial charge in [0.2, 0.25) is 0 Å². The van der Waals surface area contributed by atoms with E-state index in [4.69, 9.17) is 0 Å². The van der Waals surface area contributed by atoms with Crippen molar-refractivity contribution in [2.24, 2.45) is 5.92 Å². The minimum Gasteiger partial charge on any atom is -0.365 e. The number of hydrogen-bond acceptors (Lipinski definition) is 2. The van der Waals surface area contributed by atoms with E-state index in [0.717, 1.165) is 25.9 Å². The Kier molecular flexibility index (Phi) is 13.9. The SMILES string of the molecule is C=CCCCc1ccccc1N(CC(C)CNC)C(C)/C=C\C.CC. The number of hydrogen-bond donors (Lipinski definition) is 1. The van der Waals surface area contributed by atoms with Gasteiger partial charge in [-0.1, -0.05) is 57.2 Å². The Bertz CT molecular complexity index is 479. The monoisotopic (exact) mass is 344 g/mol. The van der Waals surface area contributed by atoms with Gasteiger partial charge in [0.05, 0.1) is 0 Å². The Morgan fingerprint density at radius 3 is 2.48 bits per heavy atom. The molecule has 0 heterocycles. The molecule has 2 atom stereocenters. The van der Waals surface area contributed by atoms with E-state index in [9.17, 15) is 0 Å². The third kappa shape index (κ3) is 8.92. The summed E-state index contributed by atoms with van der Waals surface area (Å²) in [6.07, 6.45) is 9.81. The van der Waals surface area contributed by atoms with Gasteiger partial charge in [-0.25, -0.2) is 0 Å². The summed E-state index contributed by atoms with van der Waals surface area (Å²) in [6, 6.07) is 9.26. The predicted octanol–water partition coefficient (Wildman–Crippen LogP) is 5.85. The zero-order valence-corrected chi connectivity index (χ0v) is 17.4. The lowest BCUT2D eigenvalue weighted by Crippen LogP contribution is -2.38. The first-order valence-electron chi connectivity index (χ1n) is 9.86. The second kappa shape index (κ2) is 14.8. The van der Waals surface area contributed by atoms with Gasteiger partial charge in [-0.15, -0.1) is 6.58 Å². The van der Waals surface area contributed by atoms with Crippen molar-refractivity contribution in [3.8, 4) is 0 Å². The van der Waals surface area contributed by atoms with E-state index in [-0.39, 0.29) is 0 Å². The van der Waals surface area contributed by atoms with Crippen LogP contribution in [0.25, 0.3) is 0 Å². The number of rotatable bonds is 11. The zero-order valence-electron chi connectivity index (χ0n) is 17.4. The van der Waals surface area contributed by atoms with Crippen molar-refractivity contribution < 1.29 is 0 Å². The van der Waals surface area contributed by atoms with Gasteiger partial charge < -0.3 is 10.2 Å². The summed E-state index contributed by atoms with van der Waals surface area (Å²) >= 11 is 0. The first-order valence-corrected chi connectivity index (χ1v) is 9.86. The summed E-state index contributed by atoms with van der Waals surface area (Å²) in [5.74, 6) is 0.605. The molecule has 0 saturated carbocycles. The van der Waals surface area contributed by atoms with Crippen LogP contribution < -0.4 is 10.2 Å². The third-order valence-electron chi connectivity index (χ3n) is 4.18. The van der Waals surface area contributed by atoms with Crippen LogP contribution in [0.4, 0.5) is 5.69 Å². The van der Waals surface area contributed by atoms with E-state index in [2.05, 4.69) is 74.0 Å². The van der Waals surface area contributed by atoms with E-state index < -0.39 is 0 Å². The maximum absolute atomic E-state index is 3.84. The van der Waals surface area contributed by atoms with Crippen LogP contribution in [0.15, 0.2) is 49.1 Å². The van der Waals surface area contributed by atoms with Gasteiger partial charge in [-0.3, -0.25) is 0 Å². The number of allylic oxidation sites excluding steroid dienone is 2. The highest BCUT2D eigenvalue weighted by atomic mass is 15.2. The molecule has 2 unspecified atom stereocenters. The highest BCUT2D eigenvalue weighted by Crippen LogP contribution is 2.25. The largest absolute Gasteiger partial charge is 0.365 e. The predicted molar refractivity (Wildman–Crippen MR) is 116 cm³/mol. The Balaban J connectivity index is 0.00000277. The maximum atomic E-state index is 3.84. The normalized spacial score (nSPS) is 13.0. The summed E-state index contributed by atoms with van der Waals surface area (Å²) in [5.41, 5.74) is 2.83. The van der Waals surface area contributed by atoms with Crippen molar-refractivity contribution in [3.63, 3.8) is 0 Å².